The lowest BCUT2D eigenvalue weighted by molar-refractivity contribution is -0.385. The van der Waals surface area contributed by atoms with Crippen molar-refractivity contribution in [2.45, 2.75) is 6.18 Å². The standard InChI is InChI=1S/C13H6Cl2F3NO2/c14-11-4-1-7(5-12(11)15)9-3-2-8(19(20)21)6-10(9)13(16,17)18/h1-6H. The predicted octanol–water partition coefficient (Wildman–Crippen LogP) is 5.59. The summed E-state index contributed by atoms with van der Waals surface area (Å²) in [6, 6.07) is 6.55. The molecule has 0 aliphatic carbocycles. The fraction of sp³-hybridized carbons (Fsp3) is 0.0769. The van der Waals surface area contributed by atoms with Crippen LogP contribution in [0.2, 0.25) is 10.0 Å². The molecule has 0 heterocycles. The molecule has 0 atom stereocenters. The van der Waals surface area contributed by atoms with E-state index in [4.69, 9.17) is 23.2 Å². The molecular weight excluding hydrogens is 330 g/mol. The molecule has 0 N–H and O–H groups in total. The molecule has 2 aromatic rings. The molecule has 8 heteroatoms. The van der Waals surface area contributed by atoms with Crippen LogP contribution < -0.4 is 0 Å². The molecule has 2 aromatic carbocycles. The van der Waals surface area contributed by atoms with Gasteiger partial charge in [-0.1, -0.05) is 29.3 Å². The number of nitro benzene ring substituents is 1. The highest BCUT2D eigenvalue weighted by Gasteiger charge is 2.35. The molecule has 0 aliphatic heterocycles. The van der Waals surface area contributed by atoms with E-state index in [-0.39, 0.29) is 21.2 Å². The van der Waals surface area contributed by atoms with Crippen molar-refractivity contribution < 1.29 is 18.1 Å². The van der Waals surface area contributed by atoms with Gasteiger partial charge >= 0.3 is 6.18 Å². The van der Waals surface area contributed by atoms with Gasteiger partial charge < -0.3 is 0 Å². The van der Waals surface area contributed by atoms with Crippen LogP contribution in [0.15, 0.2) is 36.4 Å². The second-order valence-corrected chi connectivity index (χ2v) is 4.93. The summed E-state index contributed by atoms with van der Waals surface area (Å²) in [5, 5.41) is 10.9. The van der Waals surface area contributed by atoms with Crippen LogP contribution in [0.25, 0.3) is 11.1 Å². The minimum atomic E-state index is -4.73. The van der Waals surface area contributed by atoms with Crippen molar-refractivity contribution in [3.05, 3.63) is 62.1 Å². The van der Waals surface area contributed by atoms with Gasteiger partial charge in [-0.15, -0.1) is 0 Å². The highest BCUT2D eigenvalue weighted by atomic mass is 35.5. The maximum Gasteiger partial charge on any atom is 0.417 e. The van der Waals surface area contributed by atoms with Crippen molar-refractivity contribution in [1.29, 1.82) is 0 Å². The van der Waals surface area contributed by atoms with Crippen molar-refractivity contribution in [2.24, 2.45) is 0 Å². The van der Waals surface area contributed by atoms with Gasteiger partial charge in [-0.2, -0.15) is 13.2 Å². The molecule has 0 saturated heterocycles. The van der Waals surface area contributed by atoms with Gasteiger partial charge in [-0.25, -0.2) is 0 Å². The Balaban J connectivity index is 2.67. The van der Waals surface area contributed by atoms with E-state index >= 15 is 0 Å². The van der Waals surface area contributed by atoms with Crippen molar-refractivity contribution in [3.63, 3.8) is 0 Å². The Morgan fingerprint density at radius 3 is 2.19 bits per heavy atom. The second-order valence-electron chi connectivity index (χ2n) is 4.11. The van der Waals surface area contributed by atoms with Crippen LogP contribution >= 0.6 is 23.2 Å². The van der Waals surface area contributed by atoms with Crippen LogP contribution in [0.1, 0.15) is 5.56 Å². The summed E-state index contributed by atoms with van der Waals surface area (Å²) in [5.74, 6) is 0. The molecule has 0 bridgehead atoms. The monoisotopic (exact) mass is 335 g/mol. The van der Waals surface area contributed by atoms with Crippen molar-refractivity contribution in [3.8, 4) is 11.1 Å². The summed E-state index contributed by atoms with van der Waals surface area (Å²) in [5.41, 5.74) is -1.76. The van der Waals surface area contributed by atoms with Gasteiger partial charge in [0, 0.05) is 12.1 Å². The number of non-ortho nitro benzene ring substituents is 1. The van der Waals surface area contributed by atoms with E-state index in [1.54, 1.807) is 0 Å². The normalized spacial score (nSPS) is 11.5. The molecule has 0 aromatic heterocycles. The summed E-state index contributed by atoms with van der Waals surface area (Å²) in [6.07, 6.45) is -4.73. The number of nitrogens with zero attached hydrogens (tertiary/aromatic N) is 1. The van der Waals surface area contributed by atoms with E-state index in [1.807, 2.05) is 0 Å². The molecule has 0 spiro atoms. The van der Waals surface area contributed by atoms with Crippen LogP contribution in [0, 0.1) is 10.1 Å². The van der Waals surface area contributed by atoms with Crippen LogP contribution in [0.4, 0.5) is 18.9 Å². The number of nitro groups is 1. The zero-order chi connectivity index (χ0) is 15.8. The molecule has 21 heavy (non-hydrogen) atoms. The molecule has 0 radical (unpaired) electrons. The van der Waals surface area contributed by atoms with E-state index in [2.05, 4.69) is 0 Å². The summed E-state index contributed by atoms with van der Waals surface area (Å²) in [6.45, 7) is 0. The predicted molar refractivity (Wildman–Crippen MR) is 73.6 cm³/mol. The molecule has 0 saturated carbocycles. The Bertz CT molecular complexity index is 717. The highest BCUT2D eigenvalue weighted by molar-refractivity contribution is 6.42. The maximum atomic E-state index is 13.1. The number of alkyl halides is 3. The van der Waals surface area contributed by atoms with E-state index in [9.17, 15) is 23.3 Å². The molecule has 0 aliphatic rings. The number of benzene rings is 2. The van der Waals surface area contributed by atoms with E-state index < -0.39 is 22.4 Å². The topological polar surface area (TPSA) is 43.1 Å². The van der Waals surface area contributed by atoms with Crippen LogP contribution in [0.5, 0.6) is 0 Å². The maximum absolute atomic E-state index is 13.1. The zero-order valence-corrected chi connectivity index (χ0v) is 11.6. The first-order chi connectivity index (χ1) is 9.70. The molecule has 0 fully saturated rings. The fourth-order valence-corrected chi connectivity index (χ4v) is 2.09. The summed E-state index contributed by atoms with van der Waals surface area (Å²) in [7, 11) is 0. The minimum Gasteiger partial charge on any atom is -0.258 e. The molecule has 3 nitrogen and oxygen atoms in total. The molecule has 2 rings (SSSR count). The Hall–Kier alpha value is -1.79. The lowest BCUT2D eigenvalue weighted by atomic mass is 9.98. The summed E-state index contributed by atoms with van der Waals surface area (Å²) >= 11 is 11.5. The number of hydrogen-bond donors (Lipinski definition) is 0. The largest absolute Gasteiger partial charge is 0.417 e. The summed E-state index contributed by atoms with van der Waals surface area (Å²) in [4.78, 5) is 9.75. The molecule has 0 unspecified atom stereocenters. The fourth-order valence-electron chi connectivity index (χ4n) is 1.80. The quantitative estimate of drug-likeness (QED) is 0.530. The lowest BCUT2D eigenvalue weighted by Crippen LogP contribution is -2.08. The smallest absolute Gasteiger partial charge is 0.258 e. The van der Waals surface area contributed by atoms with E-state index in [0.717, 1.165) is 12.1 Å². The van der Waals surface area contributed by atoms with Gasteiger partial charge in [0.2, 0.25) is 0 Å². The molecule has 110 valence electrons. The first kappa shape index (κ1) is 15.6. The second kappa shape index (κ2) is 5.54. The summed E-state index contributed by atoms with van der Waals surface area (Å²) < 4.78 is 39.2. The van der Waals surface area contributed by atoms with Gasteiger partial charge in [0.25, 0.3) is 5.69 Å². The highest BCUT2D eigenvalue weighted by Crippen LogP contribution is 2.40. The average Bonchev–Trinajstić information content (AvgIpc) is 2.40. The first-order valence-electron chi connectivity index (χ1n) is 5.51. The molecular formula is C13H6Cl2F3NO2. The Kier molecular flexibility index (Phi) is 4.11. The Morgan fingerprint density at radius 2 is 1.67 bits per heavy atom. The Morgan fingerprint density at radius 1 is 1.00 bits per heavy atom. The van der Waals surface area contributed by atoms with Crippen LogP contribution in [0.3, 0.4) is 0 Å². The number of rotatable bonds is 2. The van der Waals surface area contributed by atoms with Crippen LogP contribution in [-0.2, 0) is 6.18 Å². The van der Waals surface area contributed by atoms with Crippen LogP contribution in [-0.4, -0.2) is 4.92 Å². The average molecular weight is 336 g/mol. The minimum absolute atomic E-state index is 0.0978. The van der Waals surface area contributed by atoms with Crippen molar-refractivity contribution in [2.75, 3.05) is 0 Å². The Labute approximate surface area is 127 Å². The van der Waals surface area contributed by atoms with E-state index in [1.165, 1.54) is 18.2 Å². The number of halogens is 5. The van der Waals surface area contributed by atoms with Gasteiger partial charge in [-0.3, -0.25) is 10.1 Å². The van der Waals surface area contributed by atoms with E-state index in [0.29, 0.717) is 6.07 Å². The third-order valence-corrected chi connectivity index (χ3v) is 3.49. The van der Waals surface area contributed by atoms with Crippen molar-refractivity contribution in [1.82, 2.24) is 0 Å². The van der Waals surface area contributed by atoms with Crippen molar-refractivity contribution >= 4 is 28.9 Å². The van der Waals surface area contributed by atoms with Gasteiger partial charge in [0.15, 0.2) is 0 Å². The lowest BCUT2D eigenvalue weighted by Gasteiger charge is -2.13. The van der Waals surface area contributed by atoms with Gasteiger partial charge in [-0.05, 0) is 29.3 Å². The number of hydrogen-bond acceptors (Lipinski definition) is 2. The third-order valence-electron chi connectivity index (χ3n) is 2.75. The SMILES string of the molecule is O=[N+]([O-])c1ccc(-c2ccc(Cl)c(Cl)c2)c(C(F)(F)F)c1. The first-order valence-corrected chi connectivity index (χ1v) is 6.27. The molecule has 0 amide bonds. The third kappa shape index (κ3) is 3.28. The zero-order valence-electron chi connectivity index (χ0n) is 10.1. The van der Waals surface area contributed by atoms with Gasteiger partial charge in [0.05, 0.1) is 20.5 Å². The van der Waals surface area contributed by atoms with Gasteiger partial charge in [0.1, 0.15) is 0 Å².